The summed E-state index contributed by atoms with van der Waals surface area (Å²) >= 11 is 0. The van der Waals surface area contributed by atoms with Gasteiger partial charge in [0.1, 0.15) is 5.82 Å². The largest absolute Gasteiger partial charge is 0.387 e. The van der Waals surface area contributed by atoms with Gasteiger partial charge in [-0.1, -0.05) is 6.07 Å². The maximum Gasteiger partial charge on any atom is 0.110 e. The summed E-state index contributed by atoms with van der Waals surface area (Å²) in [5.74, 6) is 1.12. The molecule has 2 rings (SSSR count). The lowest BCUT2D eigenvalue weighted by Gasteiger charge is -2.05. The number of amidine groups is 1. The van der Waals surface area contributed by atoms with Gasteiger partial charge in [-0.15, -0.1) is 0 Å². The Hall–Kier alpha value is -1.84. The fraction of sp³-hybridized carbons (Fsp3) is 0.273. The van der Waals surface area contributed by atoms with Crippen molar-refractivity contribution in [1.29, 1.82) is 5.41 Å². The van der Waals surface area contributed by atoms with E-state index in [1.807, 2.05) is 32.0 Å². The first-order chi connectivity index (χ1) is 7.09. The zero-order valence-electron chi connectivity index (χ0n) is 8.91. The standard InChI is InChI=1S/C11H14N4/c1-7-10-5-3-4-9(6-11(12)13)15(10)8(2)14-7/h3-5H,6H2,1-2H3,(H3,12,13). The molecule has 0 fully saturated rings. The van der Waals surface area contributed by atoms with Crippen molar-refractivity contribution in [1.82, 2.24) is 9.38 Å². The molecule has 0 spiro atoms. The van der Waals surface area contributed by atoms with E-state index in [1.54, 1.807) is 0 Å². The number of aryl methyl sites for hydroxylation is 2. The van der Waals surface area contributed by atoms with Crippen LogP contribution in [-0.2, 0) is 6.42 Å². The van der Waals surface area contributed by atoms with Crippen LogP contribution in [0.3, 0.4) is 0 Å². The van der Waals surface area contributed by atoms with Crippen LogP contribution in [0.4, 0.5) is 0 Å². The average molecular weight is 202 g/mol. The third-order valence-corrected chi connectivity index (χ3v) is 2.47. The Bertz CT molecular complexity index is 525. The van der Waals surface area contributed by atoms with Gasteiger partial charge >= 0.3 is 0 Å². The van der Waals surface area contributed by atoms with E-state index >= 15 is 0 Å². The van der Waals surface area contributed by atoms with Crippen molar-refractivity contribution in [3.05, 3.63) is 35.4 Å². The zero-order chi connectivity index (χ0) is 11.0. The van der Waals surface area contributed by atoms with E-state index in [1.165, 1.54) is 0 Å². The van der Waals surface area contributed by atoms with E-state index in [9.17, 15) is 0 Å². The molecule has 0 unspecified atom stereocenters. The average Bonchev–Trinajstić information content (AvgIpc) is 2.43. The van der Waals surface area contributed by atoms with E-state index in [4.69, 9.17) is 11.1 Å². The van der Waals surface area contributed by atoms with Gasteiger partial charge in [0.25, 0.3) is 0 Å². The molecule has 0 aromatic carbocycles. The minimum Gasteiger partial charge on any atom is -0.387 e. The molecule has 2 heterocycles. The number of nitrogens with two attached hydrogens (primary N) is 1. The third-order valence-electron chi connectivity index (χ3n) is 2.47. The van der Waals surface area contributed by atoms with Crippen molar-refractivity contribution >= 4 is 11.4 Å². The molecule has 2 aromatic rings. The van der Waals surface area contributed by atoms with Gasteiger partial charge in [0, 0.05) is 12.1 Å². The molecular formula is C11H14N4. The topological polar surface area (TPSA) is 67.2 Å². The minimum atomic E-state index is 0.174. The van der Waals surface area contributed by atoms with E-state index in [-0.39, 0.29) is 5.84 Å². The number of pyridine rings is 1. The van der Waals surface area contributed by atoms with Crippen LogP contribution < -0.4 is 5.73 Å². The summed E-state index contributed by atoms with van der Waals surface area (Å²) in [5, 5.41) is 7.33. The Labute approximate surface area is 88.3 Å². The number of fused-ring (bicyclic) bond motifs is 1. The summed E-state index contributed by atoms with van der Waals surface area (Å²) in [6.45, 7) is 3.95. The molecule has 0 amide bonds. The number of hydrogen-bond donors (Lipinski definition) is 2. The Morgan fingerprint density at radius 3 is 2.87 bits per heavy atom. The van der Waals surface area contributed by atoms with E-state index < -0.39 is 0 Å². The van der Waals surface area contributed by atoms with Crippen molar-refractivity contribution in [2.24, 2.45) is 5.73 Å². The second-order valence-electron chi connectivity index (χ2n) is 3.68. The fourth-order valence-electron chi connectivity index (χ4n) is 1.90. The van der Waals surface area contributed by atoms with E-state index in [0.717, 1.165) is 22.7 Å². The monoisotopic (exact) mass is 202 g/mol. The lowest BCUT2D eigenvalue weighted by Crippen LogP contribution is -2.15. The van der Waals surface area contributed by atoms with Gasteiger partial charge in [-0.25, -0.2) is 4.98 Å². The SMILES string of the molecule is Cc1nc(C)n2c(CC(=N)N)cccc12. The van der Waals surface area contributed by atoms with Crippen LogP contribution in [0, 0.1) is 19.3 Å². The van der Waals surface area contributed by atoms with Gasteiger partial charge < -0.3 is 10.1 Å². The quantitative estimate of drug-likeness (QED) is 0.571. The van der Waals surface area contributed by atoms with Gasteiger partial charge in [-0.3, -0.25) is 5.41 Å². The highest BCUT2D eigenvalue weighted by molar-refractivity contribution is 5.79. The molecule has 0 bridgehead atoms. The number of nitrogens with zero attached hydrogens (tertiary/aromatic N) is 2. The Morgan fingerprint density at radius 2 is 2.20 bits per heavy atom. The molecule has 2 aromatic heterocycles. The molecule has 15 heavy (non-hydrogen) atoms. The predicted octanol–water partition coefficient (Wildman–Crippen LogP) is 1.43. The maximum absolute atomic E-state index is 7.33. The van der Waals surface area contributed by atoms with Gasteiger partial charge in [0.15, 0.2) is 0 Å². The molecule has 78 valence electrons. The van der Waals surface area contributed by atoms with Crippen LogP contribution in [-0.4, -0.2) is 15.2 Å². The minimum absolute atomic E-state index is 0.174. The van der Waals surface area contributed by atoms with Crippen LogP contribution in [0.2, 0.25) is 0 Å². The molecule has 0 aliphatic carbocycles. The Kier molecular flexibility index (Phi) is 2.19. The van der Waals surface area contributed by atoms with Crippen molar-refractivity contribution in [3.8, 4) is 0 Å². The van der Waals surface area contributed by atoms with E-state index in [0.29, 0.717) is 6.42 Å². The number of rotatable bonds is 2. The molecule has 0 aliphatic rings. The summed E-state index contributed by atoms with van der Waals surface area (Å²) in [6, 6.07) is 5.98. The number of aromatic nitrogens is 2. The Morgan fingerprint density at radius 1 is 1.47 bits per heavy atom. The first kappa shape index (κ1) is 9.71. The summed E-state index contributed by atoms with van der Waals surface area (Å²) in [6.07, 6.45) is 0.466. The summed E-state index contributed by atoms with van der Waals surface area (Å²) in [4.78, 5) is 4.41. The summed E-state index contributed by atoms with van der Waals surface area (Å²) in [5.41, 5.74) is 8.54. The molecule has 0 aliphatic heterocycles. The lowest BCUT2D eigenvalue weighted by molar-refractivity contribution is 0.967. The van der Waals surface area contributed by atoms with Crippen molar-refractivity contribution < 1.29 is 0 Å². The van der Waals surface area contributed by atoms with Gasteiger partial charge in [-0.2, -0.15) is 0 Å². The zero-order valence-corrected chi connectivity index (χ0v) is 8.91. The molecular weight excluding hydrogens is 188 g/mol. The van der Waals surface area contributed by atoms with E-state index in [2.05, 4.69) is 9.38 Å². The summed E-state index contributed by atoms with van der Waals surface area (Å²) < 4.78 is 2.05. The molecule has 0 atom stereocenters. The van der Waals surface area contributed by atoms with Gasteiger partial charge in [-0.05, 0) is 26.0 Å². The first-order valence-electron chi connectivity index (χ1n) is 4.86. The van der Waals surface area contributed by atoms with Crippen molar-refractivity contribution in [3.63, 3.8) is 0 Å². The van der Waals surface area contributed by atoms with Crippen LogP contribution in [0.5, 0.6) is 0 Å². The highest BCUT2D eigenvalue weighted by Gasteiger charge is 2.08. The van der Waals surface area contributed by atoms with Crippen LogP contribution in [0.1, 0.15) is 17.2 Å². The second-order valence-corrected chi connectivity index (χ2v) is 3.68. The second kappa shape index (κ2) is 3.38. The predicted molar refractivity (Wildman–Crippen MR) is 60.3 cm³/mol. The van der Waals surface area contributed by atoms with Gasteiger partial charge in [0.05, 0.1) is 17.0 Å². The van der Waals surface area contributed by atoms with Crippen molar-refractivity contribution in [2.75, 3.05) is 0 Å². The molecule has 0 radical (unpaired) electrons. The van der Waals surface area contributed by atoms with Crippen LogP contribution >= 0.6 is 0 Å². The maximum atomic E-state index is 7.33. The number of hydrogen-bond acceptors (Lipinski definition) is 2. The Balaban J connectivity index is 2.69. The summed E-state index contributed by atoms with van der Waals surface area (Å²) in [7, 11) is 0. The van der Waals surface area contributed by atoms with Crippen LogP contribution in [0.25, 0.3) is 5.52 Å². The molecule has 0 saturated heterocycles. The van der Waals surface area contributed by atoms with Gasteiger partial charge in [0.2, 0.25) is 0 Å². The highest BCUT2D eigenvalue weighted by Crippen LogP contribution is 2.15. The highest BCUT2D eigenvalue weighted by atomic mass is 15.0. The lowest BCUT2D eigenvalue weighted by atomic mass is 10.2. The number of imidazole rings is 1. The smallest absolute Gasteiger partial charge is 0.110 e. The molecule has 0 saturated carbocycles. The van der Waals surface area contributed by atoms with Crippen molar-refractivity contribution in [2.45, 2.75) is 20.3 Å². The first-order valence-corrected chi connectivity index (χ1v) is 4.86. The number of nitrogens with one attached hydrogen (secondary N) is 1. The normalized spacial score (nSPS) is 10.8. The molecule has 4 heteroatoms. The third kappa shape index (κ3) is 1.58. The molecule has 4 nitrogen and oxygen atoms in total. The molecule has 3 N–H and O–H groups in total. The van der Waals surface area contributed by atoms with Crippen LogP contribution in [0.15, 0.2) is 18.2 Å². The fourth-order valence-corrected chi connectivity index (χ4v) is 1.90.